The van der Waals surface area contributed by atoms with Gasteiger partial charge in [0.05, 0.1) is 11.4 Å². The van der Waals surface area contributed by atoms with Gasteiger partial charge in [0.15, 0.2) is 5.69 Å². The highest BCUT2D eigenvalue weighted by Crippen LogP contribution is 2.16. The number of rotatable bonds is 3. The van der Waals surface area contributed by atoms with Crippen molar-refractivity contribution in [3.05, 3.63) is 70.5 Å². The van der Waals surface area contributed by atoms with Crippen LogP contribution in [0.2, 0.25) is 0 Å². The zero-order valence-corrected chi connectivity index (χ0v) is 13.4. The van der Waals surface area contributed by atoms with Crippen LogP contribution in [-0.2, 0) is 0 Å². The van der Waals surface area contributed by atoms with Gasteiger partial charge in [0.25, 0.3) is 5.91 Å². The molecule has 22 heavy (non-hydrogen) atoms. The van der Waals surface area contributed by atoms with E-state index in [2.05, 4.69) is 31.6 Å². The van der Waals surface area contributed by atoms with Gasteiger partial charge in [-0.25, -0.2) is 4.68 Å². The Kier molecular flexibility index (Phi) is 4.02. The number of halogens is 1. The van der Waals surface area contributed by atoms with Crippen LogP contribution in [0.3, 0.4) is 0 Å². The van der Waals surface area contributed by atoms with Crippen molar-refractivity contribution < 1.29 is 4.79 Å². The van der Waals surface area contributed by atoms with Crippen LogP contribution in [0.1, 0.15) is 16.2 Å². The molecule has 2 aromatic carbocycles. The largest absolute Gasteiger partial charge is 0.321 e. The molecule has 0 fully saturated rings. The highest BCUT2D eigenvalue weighted by molar-refractivity contribution is 9.10. The minimum atomic E-state index is -0.276. The Labute approximate surface area is 136 Å². The van der Waals surface area contributed by atoms with Crippen LogP contribution in [0, 0.1) is 6.92 Å². The minimum Gasteiger partial charge on any atom is -0.321 e. The monoisotopic (exact) mass is 356 g/mol. The summed E-state index contributed by atoms with van der Waals surface area (Å²) >= 11 is 3.36. The number of benzene rings is 2. The second kappa shape index (κ2) is 6.11. The SMILES string of the molecule is Cc1c(C(=O)Nc2ccc(Br)cc2)nnn1-c1ccccc1. The topological polar surface area (TPSA) is 59.8 Å². The molecule has 0 radical (unpaired) electrons. The van der Waals surface area contributed by atoms with Crippen molar-refractivity contribution in [1.82, 2.24) is 15.0 Å². The Hall–Kier alpha value is -2.47. The summed E-state index contributed by atoms with van der Waals surface area (Å²) in [4.78, 5) is 12.3. The molecule has 3 aromatic rings. The lowest BCUT2D eigenvalue weighted by Gasteiger charge is -2.05. The van der Waals surface area contributed by atoms with Crippen molar-refractivity contribution in [2.45, 2.75) is 6.92 Å². The smallest absolute Gasteiger partial charge is 0.278 e. The summed E-state index contributed by atoms with van der Waals surface area (Å²) in [6, 6.07) is 17.0. The van der Waals surface area contributed by atoms with Crippen molar-refractivity contribution >= 4 is 27.5 Å². The molecule has 1 heterocycles. The van der Waals surface area contributed by atoms with Gasteiger partial charge in [-0.2, -0.15) is 0 Å². The van der Waals surface area contributed by atoms with Crippen LogP contribution in [0.15, 0.2) is 59.1 Å². The van der Waals surface area contributed by atoms with Gasteiger partial charge >= 0.3 is 0 Å². The quantitative estimate of drug-likeness (QED) is 0.779. The molecule has 0 atom stereocenters. The Balaban J connectivity index is 1.85. The van der Waals surface area contributed by atoms with Crippen LogP contribution in [-0.4, -0.2) is 20.9 Å². The van der Waals surface area contributed by atoms with E-state index in [1.54, 1.807) is 4.68 Å². The summed E-state index contributed by atoms with van der Waals surface area (Å²) < 4.78 is 2.60. The number of aromatic nitrogens is 3. The molecule has 0 unspecified atom stereocenters. The second-order valence-electron chi connectivity index (χ2n) is 4.73. The average molecular weight is 357 g/mol. The Morgan fingerprint density at radius 2 is 1.77 bits per heavy atom. The van der Waals surface area contributed by atoms with Crippen molar-refractivity contribution in [2.24, 2.45) is 0 Å². The van der Waals surface area contributed by atoms with E-state index in [1.807, 2.05) is 61.5 Å². The van der Waals surface area contributed by atoms with E-state index in [0.717, 1.165) is 10.2 Å². The van der Waals surface area contributed by atoms with E-state index in [0.29, 0.717) is 17.1 Å². The summed E-state index contributed by atoms with van der Waals surface area (Å²) in [5.74, 6) is -0.276. The van der Waals surface area contributed by atoms with E-state index >= 15 is 0 Å². The molecule has 0 aliphatic heterocycles. The molecule has 3 rings (SSSR count). The number of anilines is 1. The third-order valence-corrected chi connectivity index (χ3v) is 3.74. The van der Waals surface area contributed by atoms with Crippen molar-refractivity contribution in [2.75, 3.05) is 5.32 Å². The van der Waals surface area contributed by atoms with Gasteiger partial charge in [0, 0.05) is 10.2 Å². The molecule has 1 N–H and O–H groups in total. The number of carbonyl (C=O) groups excluding carboxylic acids is 1. The lowest BCUT2D eigenvalue weighted by Crippen LogP contribution is -2.14. The Morgan fingerprint density at radius 3 is 2.45 bits per heavy atom. The number of nitrogens with one attached hydrogen (secondary N) is 1. The second-order valence-corrected chi connectivity index (χ2v) is 5.65. The predicted octanol–water partition coefficient (Wildman–Crippen LogP) is 3.59. The number of para-hydroxylation sites is 1. The number of carbonyl (C=O) groups is 1. The third-order valence-electron chi connectivity index (χ3n) is 3.21. The molecule has 0 spiro atoms. The standard InChI is InChI=1S/C16H13BrN4O/c1-11-15(16(22)18-13-9-7-12(17)8-10-13)19-20-21(11)14-5-3-2-4-6-14/h2-10H,1H3,(H,18,22). The van der Waals surface area contributed by atoms with Crippen molar-refractivity contribution in [1.29, 1.82) is 0 Å². The number of nitrogens with zero attached hydrogens (tertiary/aromatic N) is 3. The zero-order valence-electron chi connectivity index (χ0n) is 11.8. The van der Waals surface area contributed by atoms with Crippen LogP contribution in [0.5, 0.6) is 0 Å². The number of amides is 1. The molecule has 1 aromatic heterocycles. The maximum Gasteiger partial charge on any atom is 0.278 e. The third kappa shape index (κ3) is 2.92. The van der Waals surface area contributed by atoms with E-state index in [4.69, 9.17) is 0 Å². The lowest BCUT2D eigenvalue weighted by molar-refractivity contribution is 0.102. The van der Waals surface area contributed by atoms with Crippen LogP contribution in [0.4, 0.5) is 5.69 Å². The molecule has 5 nitrogen and oxygen atoms in total. The van der Waals surface area contributed by atoms with Gasteiger partial charge in [-0.1, -0.05) is 39.3 Å². The molecular formula is C16H13BrN4O. The molecule has 110 valence electrons. The summed E-state index contributed by atoms with van der Waals surface area (Å²) in [5, 5.41) is 10.9. The molecule has 6 heteroatoms. The van der Waals surface area contributed by atoms with Gasteiger partial charge in [-0.3, -0.25) is 4.79 Å². The molecule has 0 saturated carbocycles. The average Bonchev–Trinajstić information content (AvgIpc) is 2.92. The fraction of sp³-hybridized carbons (Fsp3) is 0.0625. The highest BCUT2D eigenvalue weighted by Gasteiger charge is 2.17. The van der Waals surface area contributed by atoms with Crippen molar-refractivity contribution in [3.8, 4) is 5.69 Å². The van der Waals surface area contributed by atoms with Gasteiger partial charge in [0.1, 0.15) is 0 Å². The predicted molar refractivity (Wildman–Crippen MR) is 88.2 cm³/mol. The maximum atomic E-state index is 12.3. The first-order valence-corrected chi connectivity index (χ1v) is 7.49. The van der Waals surface area contributed by atoms with Gasteiger partial charge in [0.2, 0.25) is 0 Å². The van der Waals surface area contributed by atoms with Gasteiger partial charge < -0.3 is 5.32 Å². The summed E-state index contributed by atoms with van der Waals surface area (Å²) in [6.45, 7) is 1.82. The minimum absolute atomic E-state index is 0.276. The molecular weight excluding hydrogens is 344 g/mol. The first-order chi connectivity index (χ1) is 10.6. The zero-order chi connectivity index (χ0) is 15.5. The van der Waals surface area contributed by atoms with E-state index in [9.17, 15) is 4.79 Å². The van der Waals surface area contributed by atoms with Crippen LogP contribution < -0.4 is 5.32 Å². The summed E-state index contributed by atoms with van der Waals surface area (Å²) in [6.07, 6.45) is 0. The molecule has 0 aliphatic carbocycles. The Bertz CT molecular complexity index is 797. The number of hydrogen-bond donors (Lipinski definition) is 1. The first-order valence-electron chi connectivity index (χ1n) is 6.70. The first kappa shape index (κ1) is 14.5. The molecule has 0 saturated heterocycles. The fourth-order valence-corrected chi connectivity index (χ4v) is 2.34. The maximum absolute atomic E-state index is 12.3. The fourth-order valence-electron chi connectivity index (χ4n) is 2.08. The van der Waals surface area contributed by atoms with Crippen molar-refractivity contribution in [3.63, 3.8) is 0 Å². The summed E-state index contributed by atoms with van der Waals surface area (Å²) in [5.41, 5.74) is 2.59. The molecule has 0 bridgehead atoms. The van der Waals surface area contributed by atoms with Crippen LogP contribution in [0.25, 0.3) is 5.69 Å². The highest BCUT2D eigenvalue weighted by atomic mass is 79.9. The van der Waals surface area contributed by atoms with E-state index in [-0.39, 0.29) is 5.91 Å². The molecule has 0 aliphatic rings. The van der Waals surface area contributed by atoms with E-state index < -0.39 is 0 Å². The van der Waals surface area contributed by atoms with Gasteiger partial charge in [-0.15, -0.1) is 5.10 Å². The number of hydrogen-bond acceptors (Lipinski definition) is 3. The van der Waals surface area contributed by atoms with Gasteiger partial charge in [-0.05, 0) is 43.3 Å². The normalized spacial score (nSPS) is 10.5. The lowest BCUT2D eigenvalue weighted by atomic mass is 10.2. The van der Waals surface area contributed by atoms with E-state index in [1.165, 1.54) is 0 Å². The molecule has 1 amide bonds. The Morgan fingerprint density at radius 1 is 1.09 bits per heavy atom. The summed E-state index contributed by atoms with van der Waals surface area (Å²) in [7, 11) is 0. The van der Waals surface area contributed by atoms with Crippen LogP contribution >= 0.6 is 15.9 Å².